The van der Waals surface area contributed by atoms with E-state index in [-0.39, 0.29) is 0 Å². The van der Waals surface area contributed by atoms with Gasteiger partial charge in [0.1, 0.15) is 13.5 Å². The van der Waals surface area contributed by atoms with Crippen molar-refractivity contribution in [1.29, 1.82) is 0 Å². The Morgan fingerprint density at radius 2 is 1.72 bits per heavy atom. The summed E-state index contributed by atoms with van der Waals surface area (Å²) in [6.45, 7) is 9.32. The number of aromatic nitrogens is 4. The van der Waals surface area contributed by atoms with Crippen molar-refractivity contribution in [1.82, 2.24) is 24.4 Å². The Morgan fingerprint density at radius 3 is 2.36 bits per heavy atom. The first-order valence-corrected chi connectivity index (χ1v) is 14.5. The van der Waals surface area contributed by atoms with Gasteiger partial charge in [0, 0.05) is 30.3 Å². The van der Waals surface area contributed by atoms with Gasteiger partial charge in [-0.25, -0.2) is 4.98 Å². The number of imidazole rings is 1. The third-order valence-corrected chi connectivity index (χ3v) is 7.50. The van der Waals surface area contributed by atoms with Crippen LogP contribution in [0.25, 0.3) is 23.4 Å². The first kappa shape index (κ1) is 25.6. The second-order valence-electron chi connectivity index (χ2n) is 9.59. The summed E-state index contributed by atoms with van der Waals surface area (Å²) in [5.74, 6) is 1.13. The van der Waals surface area contributed by atoms with Gasteiger partial charge in [-0.15, -0.1) is 0 Å². The maximum atomic E-state index is 12.4. The van der Waals surface area contributed by atoms with Crippen molar-refractivity contribution in [2.75, 3.05) is 51.1 Å². The van der Waals surface area contributed by atoms with Gasteiger partial charge in [0.2, 0.25) is 5.95 Å². The van der Waals surface area contributed by atoms with Gasteiger partial charge in [0.25, 0.3) is 0 Å². The van der Waals surface area contributed by atoms with E-state index in [0.717, 1.165) is 17.5 Å². The van der Waals surface area contributed by atoms with Crippen LogP contribution in [0.1, 0.15) is 16.7 Å². The smallest absolute Gasteiger partial charge is 0.226 e. The molecule has 0 saturated carbocycles. The summed E-state index contributed by atoms with van der Waals surface area (Å²) in [4.78, 5) is 16.2. The lowest BCUT2D eigenvalue weighted by Gasteiger charge is -2.13. The summed E-state index contributed by atoms with van der Waals surface area (Å²) in [6.07, 6.45) is 5.83. The Labute approximate surface area is 212 Å². The van der Waals surface area contributed by atoms with E-state index in [9.17, 15) is 4.57 Å². The third-order valence-electron chi connectivity index (χ3n) is 5.96. The second kappa shape index (κ2) is 10.6. The molecule has 4 rings (SSSR count). The summed E-state index contributed by atoms with van der Waals surface area (Å²) < 4.78 is 14.3. The number of nitrogens with one attached hydrogen (secondary N) is 2. The molecule has 0 aliphatic rings. The molecule has 0 unspecified atom stereocenters. The number of benzene rings is 2. The molecule has 0 spiro atoms. The third kappa shape index (κ3) is 6.01. The molecular formula is C27H34N7OP. The fraction of sp³-hybridized carbons (Fsp3) is 0.296. The molecule has 0 atom stereocenters. The molecule has 8 nitrogen and oxygen atoms in total. The lowest BCUT2D eigenvalue weighted by atomic mass is 10.0. The summed E-state index contributed by atoms with van der Waals surface area (Å²) >= 11 is 0. The predicted molar refractivity (Wildman–Crippen MR) is 152 cm³/mol. The molecule has 0 bridgehead atoms. The highest BCUT2D eigenvalue weighted by molar-refractivity contribution is 7.70. The molecule has 2 aromatic carbocycles. The monoisotopic (exact) mass is 503 g/mol. The Kier molecular flexibility index (Phi) is 7.57. The van der Waals surface area contributed by atoms with Crippen LogP contribution in [0.2, 0.25) is 0 Å². The molecule has 0 saturated heterocycles. The Bertz CT molecular complexity index is 1410. The number of rotatable bonds is 9. The van der Waals surface area contributed by atoms with Crippen LogP contribution >= 0.6 is 7.14 Å². The SMILES string of the molecule is Cc1cccc(C)c1/C=C/n1cnc2c(Nc3ccc(P(C)(C)=O)cc3)nc(NCCN(C)C)nc21. The molecule has 0 amide bonds. The number of aryl methyl sites for hydroxylation is 2. The van der Waals surface area contributed by atoms with Gasteiger partial charge in [-0.05, 0) is 88.3 Å². The lowest BCUT2D eigenvalue weighted by Crippen LogP contribution is -2.21. The maximum absolute atomic E-state index is 12.4. The van der Waals surface area contributed by atoms with E-state index in [0.29, 0.717) is 29.5 Å². The molecule has 9 heteroatoms. The van der Waals surface area contributed by atoms with Crippen LogP contribution in [0, 0.1) is 13.8 Å². The number of anilines is 3. The molecule has 36 heavy (non-hydrogen) atoms. The summed E-state index contributed by atoms with van der Waals surface area (Å²) in [5, 5.41) is 7.55. The minimum absolute atomic E-state index is 0.525. The molecule has 2 heterocycles. The number of likely N-dealkylation sites (N-methyl/N-ethyl adjacent to an activating group) is 1. The molecule has 2 aromatic heterocycles. The predicted octanol–water partition coefficient (Wildman–Crippen LogP) is 5.04. The number of hydrogen-bond acceptors (Lipinski definition) is 7. The minimum atomic E-state index is -2.32. The fourth-order valence-corrected chi connectivity index (χ4v) is 4.74. The van der Waals surface area contributed by atoms with E-state index in [1.807, 2.05) is 49.1 Å². The molecular weight excluding hydrogens is 469 g/mol. The van der Waals surface area contributed by atoms with Crippen LogP contribution in [-0.2, 0) is 4.57 Å². The van der Waals surface area contributed by atoms with Crippen molar-refractivity contribution >= 4 is 53.3 Å². The van der Waals surface area contributed by atoms with E-state index in [1.165, 1.54) is 16.7 Å². The van der Waals surface area contributed by atoms with E-state index < -0.39 is 7.14 Å². The Morgan fingerprint density at radius 1 is 1.03 bits per heavy atom. The molecule has 4 aromatic rings. The van der Waals surface area contributed by atoms with Gasteiger partial charge in [-0.1, -0.05) is 18.2 Å². The van der Waals surface area contributed by atoms with Crippen molar-refractivity contribution in [2.24, 2.45) is 0 Å². The minimum Gasteiger partial charge on any atom is -0.353 e. The molecule has 0 aliphatic heterocycles. The van der Waals surface area contributed by atoms with Crippen LogP contribution in [0.3, 0.4) is 0 Å². The quantitative estimate of drug-likeness (QED) is 0.310. The number of nitrogens with zero attached hydrogens (tertiary/aromatic N) is 5. The van der Waals surface area contributed by atoms with Gasteiger partial charge in [0.05, 0.1) is 0 Å². The van der Waals surface area contributed by atoms with Crippen LogP contribution in [-0.4, -0.2) is 64.9 Å². The molecule has 2 N–H and O–H groups in total. The largest absolute Gasteiger partial charge is 0.353 e. The Balaban J connectivity index is 1.71. The zero-order chi connectivity index (χ0) is 25.9. The van der Waals surface area contributed by atoms with Crippen molar-refractivity contribution in [3.05, 3.63) is 65.5 Å². The van der Waals surface area contributed by atoms with Crippen LogP contribution in [0.5, 0.6) is 0 Å². The van der Waals surface area contributed by atoms with Crippen molar-refractivity contribution < 1.29 is 4.57 Å². The van der Waals surface area contributed by atoms with Crippen LogP contribution in [0.4, 0.5) is 17.5 Å². The zero-order valence-electron chi connectivity index (χ0n) is 21.8. The molecule has 0 radical (unpaired) electrons. The fourth-order valence-electron chi connectivity index (χ4n) is 3.87. The molecule has 0 aliphatic carbocycles. The molecule has 188 valence electrons. The van der Waals surface area contributed by atoms with Crippen molar-refractivity contribution in [3.63, 3.8) is 0 Å². The normalized spacial score (nSPS) is 12.1. The highest BCUT2D eigenvalue weighted by atomic mass is 31.2. The van der Waals surface area contributed by atoms with Gasteiger partial charge in [-0.2, -0.15) is 9.97 Å². The summed E-state index contributed by atoms with van der Waals surface area (Å²) in [5.41, 5.74) is 5.81. The average molecular weight is 504 g/mol. The first-order chi connectivity index (χ1) is 17.1. The van der Waals surface area contributed by atoms with Gasteiger partial charge >= 0.3 is 0 Å². The molecule has 0 fully saturated rings. The Hall–Kier alpha value is -3.48. The van der Waals surface area contributed by atoms with Gasteiger partial charge in [-0.3, -0.25) is 4.57 Å². The van der Waals surface area contributed by atoms with Crippen LogP contribution < -0.4 is 15.9 Å². The van der Waals surface area contributed by atoms with Crippen LogP contribution in [0.15, 0.2) is 48.8 Å². The second-order valence-corrected chi connectivity index (χ2v) is 12.8. The highest BCUT2D eigenvalue weighted by Crippen LogP contribution is 2.35. The van der Waals surface area contributed by atoms with Crippen molar-refractivity contribution in [2.45, 2.75) is 13.8 Å². The number of fused-ring (bicyclic) bond motifs is 1. The lowest BCUT2D eigenvalue weighted by molar-refractivity contribution is 0.425. The van der Waals surface area contributed by atoms with Gasteiger partial charge < -0.3 is 20.1 Å². The zero-order valence-corrected chi connectivity index (χ0v) is 22.7. The van der Waals surface area contributed by atoms with E-state index in [1.54, 1.807) is 19.7 Å². The maximum Gasteiger partial charge on any atom is 0.226 e. The summed E-state index contributed by atoms with van der Waals surface area (Å²) in [6, 6.07) is 13.9. The highest BCUT2D eigenvalue weighted by Gasteiger charge is 2.15. The van der Waals surface area contributed by atoms with E-state index >= 15 is 0 Å². The average Bonchev–Trinajstić information content (AvgIpc) is 3.21. The van der Waals surface area contributed by atoms with Crippen molar-refractivity contribution in [3.8, 4) is 0 Å². The number of hydrogen-bond donors (Lipinski definition) is 2. The van der Waals surface area contributed by atoms with E-state index in [2.05, 4.69) is 58.6 Å². The van der Waals surface area contributed by atoms with Gasteiger partial charge in [0.15, 0.2) is 17.0 Å². The summed E-state index contributed by atoms with van der Waals surface area (Å²) in [7, 11) is 1.74. The standard InChI is InChI=1S/C27H34N7OP/c1-19-8-7-9-20(2)23(19)14-16-34-18-29-24-25(30-21-10-12-22(13-11-21)36(5,6)35)31-27(32-26(24)34)28-15-17-33(3)4/h7-14,16,18H,15,17H2,1-6H3,(H2,28,30,31,32)/b16-14+. The first-order valence-electron chi connectivity index (χ1n) is 11.9. The topological polar surface area (TPSA) is 88.0 Å². The van der Waals surface area contributed by atoms with E-state index in [4.69, 9.17) is 9.97 Å².